The van der Waals surface area contributed by atoms with E-state index in [-0.39, 0.29) is 5.91 Å². The quantitative estimate of drug-likeness (QED) is 0.810. The van der Waals surface area contributed by atoms with Crippen molar-refractivity contribution in [2.45, 2.75) is 23.4 Å². The van der Waals surface area contributed by atoms with Crippen molar-refractivity contribution in [2.24, 2.45) is 0 Å². The molecule has 2 aliphatic heterocycles. The molecule has 1 saturated heterocycles. The minimum absolute atomic E-state index is 0.163. The Bertz CT molecular complexity index is 421. The first kappa shape index (κ1) is 10.2. The molecule has 0 saturated carbocycles. The molecule has 3 nitrogen and oxygen atoms in total. The number of nitrogens with one attached hydrogen (secondary N) is 2. The van der Waals surface area contributed by atoms with Crippen LogP contribution in [0.3, 0.4) is 0 Å². The summed E-state index contributed by atoms with van der Waals surface area (Å²) in [6.07, 6.45) is 0.614. The molecule has 3 rings (SSSR count). The predicted molar refractivity (Wildman–Crippen MR) is 64.5 cm³/mol. The van der Waals surface area contributed by atoms with Crippen molar-refractivity contribution in [3.63, 3.8) is 0 Å². The number of hydrogen-bond donors (Lipinski definition) is 2. The lowest BCUT2D eigenvalue weighted by atomic mass is 10.1. The van der Waals surface area contributed by atoms with Crippen molar-refractivity contribution in [3.8, 4) is 0 Å². The number of thioether (sulfide) groups is 1. The Kier molecular flexibility index (Phi) is 2.61. The van der Waals surface area contributed by atoms with Crippen LogP contribution < -0.4 is 10.6 Å². The van der Waals surface area contributed by atoms with Gasteiger partial charge in [-0.1, -0.05) is 18.2 Å². The first-order valence-electron chi connectivity index (χ1n) is 5.57. The predicted octanol–water partition coefficient (Wildman–Crippen LogP) is 1.31. The smallest absolute Gasteiger partial charge is 0.221 e. The van der Waals surface area contributed by atoms with Crippen molar-refractivity contribution in [2.75, 3.05) is 12.3 Å². The number of carbonyl (C=O) groups is 1. The van der Waals surface area contributed by atoms with Crippen LogP contribution in [-0.4, -0.2) is 24.2 Å². The molecular formula is C12H14N2OS. The maximum absolute atomic E-state index is 11.1. The average Bonchev–Trinajstić information content (AvgIpc) is 2.87. The summed E-state index contributed by atoms with van der Waals surface area (Å²) < 4.78 is 0. The first-order valence-corrected chi connectivity index (χ1v) is 6.56. The highest BCUT2D eigenvalue weighted by Crippen LogP contribution is 2.38. The highest BCUT2D eigenvalue weighted by molar-refractivity contribution is 7.99. The second kappa shape index (κ2) is 4.11. The lowest BCUT2D eigenvalue weighted by Crippen LogP contribution is -2.34. The van der Waals surface area contributed by atoms with E-state index < -0.39 is 0 Å². The minimum Gasteiger partial charge on any atom is -0.354 e. The number of rotatable bonds is 2. The fraction of sp³-hybridized carbons (Fsp3) is 0.417. The number of fused-ring (bicyclic) bond motifs is 1. The van der Waals surface area contributed by atoms with Crippen LogP contribution in [0.1, 0.15) is 18.0 Å². The average molecular weight is 234 g/mol. The van der Waals surface area contributed by atoms with E-state index in [0.717, 1.165) is 12.3 Å². The van der Waals surface area contributed by atoms with E-state index in [1.807, 2.05) is 11.8 Å². The van der Waals surface area contributed by atoms with E-state index in [1.54, 1.807) is 0 Å². The standard InChI is InChI=1S/C12H14N2OS/c15-12-5-8(6-13-12)14-10-7-16-11-4-2-1-3-9(10)11/h1-4,8,10,14H,5-7H2,(H,13,15). The fourth-order valence-corrected chi connectivity index (χ4v) is 3.48. The number of carbonyl (C=O) groups excluding carboxylic acids is 1. The highest BCUT2D eigenvalue weighted by Gasteiger charge is 2.28. The summed E-state index contributed by atoms with van der Waals surface area (Å²) in [5.41, 5.74) is 1.38. The third-order valence-electron chi connectivity index (χ3n) is 3.11. The third-order valence-corrected chi connectivity index (χ3v) is 4.30. The van der Waals surface area contributed by atoms with Gasteiger partial charge in [0.15, 0.2) is 0 Å². The van der Waals surface area contributed by atoms with Crippen molar-refractivity contribution in [1.29, 1.82) is 0 Å². The molecule has 0 aliphatic carbocycles. The summed E-state index contributed by atoms with van der Waals surface area (Å²) in [5.74, 6) is 1.24. The lowest BCUT2D eigenvalue weighted by Gasteiger charge is -2.17. The maximum Gasteiger partial charge on any atom is 0.221 e. The molecule has 1 aromatic carbocycles. The molecule has 84 valence electrons. The molecule has 0 bridgehead atoms. The minimum atomic E-state index is 0.163. The van der Waals surface area contributed by atoms with Crippen molar-refractivity contribution >= 4 is 17.7 Å². The van der Waals surface area contributed by atoms with Gasteiger partial charge in [0, 0.05) is 35.7 Å². The Morgan fingerprint density at radius 1 is 1.38 bits per heavy atom. The van der Waals surface area contributed by atoms with Crippen molar-refractivity contribution in [1.82, 2.24) is 10.6 Å². The fourth-order valence-electron chi connectivity index (χ4n) is 2.31. The molecule has 2 aliphatic rings. The van der Waals surface area contributed by atoms with Gasteiger partial charge >= 0.3 is 0 Å². The zero-order valence-corrected chi connectivity index (χ0v) is 9.72. The summed E-state index contributed by atoms with van der Waals surface area (Å²) in [6.45, 7) is 0.766. The van der Waals surface area contributed by atoms with Gasteiger partial charge in [-0.05, 0) is 11.6 Å². The molecular weight excluding hydrogens is 220 g/mol. The van der Waals surface area contributed by atoms with Crippen LogP contribution in [0.15, 0.2) is 29.2 Å². The number of benzene rings is 1. The van der Waals surface area contributed by atoms with Crippen LogP contribution in [0, 0.1) is 0 Å². The summed E-state index contributed by atoms with van der Waals surface area (Å²) in [4.78, 5) is 12.5. The van der Waals surface area contributed by atoms with Gasteiger partial charge in [-0.25, -0.2) is 0 Å². The SMILES string of the molecule is O=C1CC(NC2CSc3ccccc32)CN1. The third kappa shape index (κ3) is 1.83. The molecule has 2 N–H and O–H groups in total. The molecule has 1 amide bonds. The van der Waals surface area contributed by atoms with Crippen LogP contribution in [0.2, 0.25) is 0 Å². The van der Waals surface area contributed by atoms with Crippen LogP contribution in [0.4, 0.5) is 0 Å². The van der Waals surface area contributed by atoms with Crippen LogP contribution in [-0.2, 0) is 4.79 Å². The van der Waals surface area contributed by atoms with Crippen LogP contribution >= 0.6 is 11.8 Å². The van der Waals surface area contributed by atoms with Gasteiger partial charge in [0.1, 0.15) is 0 Å². The van der Waals surface area contributed by atoms with Crippen molar-refractivity contribution in [3.05, 3.63) is 29.8 Å². The van der Waals surface area contributed by atoms with Gasteiger partial charge in [-0.15, -0.1) is 11.8 Å². The topological polar surface area (TPSA) is 41.1 Å². The number of amides is 1. The molecule has 0 spiro atoms. The van der Waals surface area contributed by atoms with Gasteiger partial charge in [0.2, 0.25) is 5.91 Å². The van der Waals surface area contributed by atoms with Gasteiger partial charge in [-0.2, -0.15) is 0 Å². The Balaban J connectivity index is 1.71. The zero-order chi connectivity index (χ0) is 11.0. The molecule has 0 radical (unpaired) electrons. The molecule has 1 fully saturated rings. The largest absolute Gasteiger partial charge is 0.354 e. The van der Waals surface area contributed by atoms with Gasteiger partial charge in [0.05, 0.1) is 0 Å². The van der Waals surface area contributed by atoms with E-state index >= 15 is 0 Å². The lowest BCUT2D eigenvalue weighted by molar-refractivity contribution is -0.119. The molecule has 2 heterocycles. The molecule has 16 heavy (non-hydrogen) atoms. The van der Waals surface area contributed by atoms with E-state index in [4.69, 9.17) is 0 Å². The monoisotopic (exact) mass is 234 g/mol. The van der Waals surface area contributed by atoms with E-state index in [0.29, 0.717) is 18.5 Å². The van der Waals surface area contributed by atoms with Gasteiger partial charge < -0.3 is 10.6 Å². The second-order valence-corrected chi connectivity index (χ2v) is 5.34. The van der Waals surface area contributed by atoms with E-state index in [2.05, 4.69) is 34.9 Å². The normalized spacial score (nSPS) is 27.9. The summed E-state index contributed by atoms with van der Waals surface area (Å²) in [5, 5.41) is 6.42. The number of hydrogen-bond acceptors (Lipinski definition) is 3. The maximum atomic E-state index is 11.1. The van der Waals surface area contributed by atoms with Crippen molar-refractivity contribution < 1.29 is 4.79 Å². The summed E-state index contributed by atoms with van der Waals surface area (Å²) in [7, 11) is 0. The zero-order valence-electron chi connectivity index (χ0n) is 8.90. The molecule has 1 aromatic rings. The Labute approximate surface area is 99.0 Å². The van der Waals surface area contributed by atoms with E-state index in [1.165, 1.54) is 10.5 Å². The molecule has 2 atom stereocenters. The summed E-state index contributed by atoms with van der Waals surface area (Å²) in [6, 6.07) is 9.20. The van der Waals surface area contributed by atoms with Crippen LogP contribution in [0.25, 0.3) is 0 Å². The Hall–Kier alpha value is -1.00. The first-order chi connectivity index (χ1) is 7.83. The Morgan fingerprint density at radius 2 is 2.25 bits per heavy atom. The molecule has 2 unspecified atom stereocenters. The molecule has 4 heteroatoms. The van der Waals surface area contributed by atoms with Crippen LogP contribution in [0.5, 0.6) is 0 Å². The Morgan fingerprint density at radius 3 is 3.06 bits per heavy atom. The summed E-state index contributed by atoms with van der Waals surface area (Å²) >= 11 is 1.89. The second-order valence-electron chi connectivity index (χ2n) is 4.27. The van der Waals surface area contributed by atoms with Gasteiger partial charge in [0.25, 0.3) is 0 Å². The van der Waals surface area contributed by atoms with E-state index in [9.17, 15) is 4.79 Å². The molecule has 0 aromatic heterocycles. The van der Waals surface area contributed by atoms with Gasteiger partial charge in [-0.3, -0.25) is 4.79 Å². The highest BCUT2D eigenvalue weighted by atomic mass is 32.2.